The van der Waals surface area contributed by atoms with Crippen LogP contribution in [0.2, 0.25) is 0 Å². The lowest BCUT2D eigenvalue weighted by Gasteiger charge is -2.33. The van der Waals surface area contributed by atoms with E-state index in [9.17, 15) is 5.11 Å². The molecule has 2 rings (SSSR count). The summed E-state index contributed by atoms with van der Waals surface area (Å²) in [6.07, 6.45) is 3.65. The topological polar surface area (TPSA) is 23.5 Å². The molecule has 1 aromatic rings. The van der Waals surface area contributed by atoms with Crippen LogP contribution in [0.4, 0.5) is 0 Å². The molecule has 2 heteroatoms. The Morgan fingerprint density at radius 1 is 1.05 bits per heavy atom. The Kier molecular flexibility index (Phi) is 5.41. The number of aliphatic hydroxyl groups excluding tert-OH is 1. The van der Waals surface area contributed by atoms with E-state index in [1.54, 1.807) is 0 Å². The molecule has 0 aliphatic carbocycles. The summed E-state index contributed by atoms with van der Waals surface area (Å²) >= 11 is 0. The zero-order chi connectivity index (χ0) is 13.7. The molecule has 106 valence electrons. The maximum Gasteiger partial charge on any atom is 0.0737 e. The van der Waals surface area contributed by atoms with Crippen LogP contribution in [-0.2, 0) is 0 Å². The van der Waals surface area contributed by atoms with Gasteiger partial charge in [-0.25, -0.2) is 0 Å². The first-order valence-electron chi connectivity index (χ1n) is 7.64. The zero-order valence-electron chi connectivity index (χ0n) is 12.3. The fourth-order valence-electron chi connectivity index (χ4n) is 3.25. The van der Waals surface area contributed by atoms with Crippen molar-refractivity contribution in [3.63, 3.8) is 0 Å². The Balaban J connectivity index is 2.02. The maximum atomic E-state index is 10.6. The van der Waals surface area contributed by atoms with Crippen molar-refractivity contribution in [2.45, 2.75) is 45.1 Å². The van der Waals surface area contributed by atoms with Gasteiger partial charge in [0.1, 0.15) is 0 Å². The number of nitrogens with zero attached hydrogens (tertiary/aromatic N) is 1. The summed E-state index contributed by atoms with van der Waals surface area (Å²) in [5.74, 6) is 0.699. The molecule has 1 heterocycles. The van der Waals surface area contributed by atoms with Gasteiger partial charge in [-0.1, -0.05) is 50.6 Å². The second kappa shape index (κ2) is 7.06. The number of benzene rings is 1. The number of aliphatic hydroxyl groups is 1. The Morgan fingerprint density at radius 3 is 2.26 bits per heavy atom. The van der Waals surface area contributed by atoms with Crippen LogP contribution in [0.3, 0.4) is 0 Å². The van der Waals surface area contributed by atoms with Gasteiger partial charge in [0.25, 0.3) is 0 Å². The van der Waals surface area contributed by atoms with Crippen LogP contribution in [0.25, 0.3) is 0 Å². The van der Waals surface area contributed by atoms with E-state index < -0.39 is 0 Å². The highest BCUT2D eigenvalue weighted by molar-refractivity contribution is 5.21. The molecule has 2 atom stereocenters. The maximum absolute atomic E-state index is 10.6. The van der Waals surface area contributed by atoms with Gasteiger partial charge in [0.05, 0.1) is 6.10 Å². The highest BCUT2D eigenvalue weighted by Gasteiger charge is 2.26. The molecule has 1 aliphatic rings. The lowest BCUT2D eigenvalue weighted by atomic mass is 9.83. The number of rotatable bonds is 5. The first-order chi connectivity index (χ1) is 9.18. The van der Waals surface area contributed by atoms with Gasteiger partial charge in [0, 0.05) is 12.5 Å². The van der Waals surface area contributed by atoms with E-state index in [1.807, 2.05) is 6.07 Å². The van der Waals surface area contributed by atoms with Gasteiger partial charge in [0.15, 0.2) is 0 Å². The smallest absolute Gasteiger partial charge is 0.0737 e. The molecule has 0 bridgehead atoms. The second-order valence-electron chi connectivity index (χ2n) is 6.11. The van der Waals surface area contributed by atoms with Crippen LogP contribution in [0.1, 0.15) is 44.6 Å². The third-order valence-electron chi connectivity index (χ3n) is 4.21. The van der Waals surface area contributed by atoms with Gasteiger partial charge < -0.3 is 10.0 Å². The van der Waals surface area contributed by atoms with Gasteiger partial charge in [-0.3, -0.25) is 0 Å². The predicted octanol–water partition coefficient (Wildman–Crippen LogP) is 3.27. The first-order valence-corrected chi connectivity index (χ1v) is 7.64. The van der Waals surface area contributed by atoms with Crippen LogP contribution < -0.4 is 0 Å². The van der Waals surface area contributed by atoms with Crippen molar-refractivity contribution in [3.8, 4) is 0 Å². The largest absolute Gasteiger partial charge is 0.391 e. The molecule has 0 spiro atoms. The highest BCUT2D eigenvalue weighted by atomic mass is 16.3. The second-order valence-corrected chi connectivity index (χ2v) is 6.11. The standard InChI is InChI=1S/C17H27NO/c1-14(2)17(15-9-5-3-6-10-15)16(19)13-18-11-7-4-8-12-18/h3,5-6,9-10,14,16-17,19H,4,7-8,11-13H2,1-2H3/t16-,17-/m0/s1. The quantitative estimate of drug-likeness (QED) is 0.879. The fourth-order valence-corrected chi connectivity index (χ4v) is 3.25. The molecule has 0 unspecified atom stereocenters. The van der Waals surface area contributed by atoms with Gasteiger partial charge in [0.2, 0.25) is 0 Å². The van der Waals surface area contributed by atoms with Crippen molar-refractivity contribution in [2.24, 2.45) is 5.92 Å². The van der Waals surface area contributed by atoms with Gasteiger partial charge in [-0.15, -0.1) is 0 Å². The molecule has 0 amide bonds. The summed E-state index contributed by atoms with van der Waals surface area (Å²) in [4.78, 5) is 2.42. The highest BCUT2D eigenvalue weighted by Crippen LogP contribution is 2.28. The molecule has 19 heavy (non-hydrogen) atoms. The summed E-state index contributed by atoms with van der Waals surface area (Å²) in [5.41, 5.74) is 1.27. The Bertz CT molecular complexity index is 357. The lowest BCUT2D eigenvalue weighted by Crippen LogP contribution is -2.40. The van der Waals surface area contributed by atoms with E-state index in [0.717, 1.165) is 19.6 Å². The normalized spacial score (nSPS) is 20.4. The molecule has 2 nitrogen and oxygen atoms in total. The Morgan fingerprint density at radius 2 is 1.68 bits per heavy atom. The molecular weight excluding hydrogens is 234 g/mol. The van der Waals surface area contributed by atoms with Crippen LogP contribution in [-0.4, -0.2) is 35.7 Å². The van der Waals surface area contributed by atoms with Crippen LogP contribution in [0.5, 0.6) is 0 Å². The molecule has 0 aromatic heterocycles. The number of piperidine rings is 1. The van der Waals surface area contributed by atoms with Gasteiger partial charge in [-0.2, -0.15) is 0 Å². The van der Waals surface area contributed by atoms with E-state index >= 15 is 0 Å². The fraction of sp³-hybridized carbons (Fsp3) is 0.647. The minimum Gasteiger partial charge on any atom is -0.391 e. The third-order valence-corrected chi connectivity index (χ3v) is 4.21. The average molecular weight is 261 g/mol. The van der Waals surface area contributed by atoms with Crippen molar-refractivity contribution >= 4 is 0 Å². The van der Waals surface area contributed by atoms with Crippen molar-refractivity contribution in [2.75, 3.05) is 19.6 Å². The van der Waals surface area contributed by atoms with Crippen LogP contribution >= 0.6 is 0 Å². The summed E-state index contributed by atoms with van der Waals surface area (Å²) < 4.78 is 0. The summed E-state index contributed by atoms with van der Waals surface area (Å²) in [7, 11) is 0. The van der Waals surface area contributed by atoms with Gasteiger partial charge in [-0.05, 0) is 37.4 Å². The Labute approximate surface area is 117 Å². The number of likely N-dealkylation sites (tertiary alicyclic amines) is 1. The van der Waals surface area contributed by atoms with Gasteiger partial charge >= 0.3 is 0 Å². The Hall–Kier alpha value is -0.860. The molecule has 0 saturated carbocycles. The monoisotopic (exact) mass is 261 g/mol. The molecule has 1 aliphatic heterocycles. The van der Waals surface area contributed by atoms with Crippen molar-refractivity contribution < 1.29 is 5.11 Å². The van der Waals surface area contributed by atoms with Crippen LogP contribution in [0, 0.1) is 5.92 Å². The summed E-state index contributed by atoms with van der Waals surface area (Å²) in [6.45, 7) is 7.53. The number of hydrogen-bond donors (Lipinski definition) is 1. The molecule has 1 N–H and O–H groups in total. The molecule has 1 fully saturated rings. The number of hydrogen-bond acceptors (Lipinski definition) is 2. The van der Waals surface area contributed by atoms with Crippen molar-refractivity contribution in [1.82, 2.24) is 4.90 Å². The van der Waals surface area contributed by atoms with Crippen molar-refractivity contribution in [3.05, 3.63) is 35.9 Å². The first kappa shape index (κ1) is 14.5. The minimum atomic E-state index is -0.263. The van der Waals surface area contributed by atoms with E-state index in [1.165, 1.54) is 24.8 Å². The van der Waals surface area contributed by atoms with E-state index in [-0.39, 0.29) is 12.0 Å². The van der Waals surface area contributed by atoms with E-state index in [4.69, 9.17) is 0 Å². The average Bonchev–Trinajstić information content (AvgIpc) is 2.40. The van der Waals surface area contributed by atoms with E-state index in [2.05, 4.69) is 43.0 Å². The zero-order valence-corrected chi connectivity index (χ0v) is 12.3. The molecule has 0 radical (unpaired) electrons. The molecule has 1 saturated heterocycles. The lowest BCUT2D eigenvalue weighted by molar-refractivity contribution is 0.0677. The SMILES string of the molecule is CC(C)[C@@H](c1ccccc1)[C@@H](O)CN1CCCCC1. The third kappa shape index (κ3) is 4.05. The minimum absolute atomic E-state index is 0.239. The molecule has 1 aromatic carbocycles. The van der Waals surface area contributed by atoms with E-state index in [0.29, 0.717) is 5.92 Å². The molecular formula is C17H27NO. The number of β-amino-alcohol motifs (C(OH)–C–C–N with tert-alkyl or cyclic N) is 1. The summed E-state index contributed by atoms with van der Waals surface area (Å²) in [5, 5.41) is 10.6. The van der Waals surface area contributed by atoms with Crippen molar-refractivity contribution in [1.29, 1.82) is 0 Å². The summed E-state index contributed by atoms with van der Waals surface area (Å²) in [6, 6.07) is 10.5. The van der Waals surface area contributed by atoms with Crippen LogP contribution in [0.15, 0.2) is 30.3 Å². The predicted molar refractivity (Wildman–Crippen MR) is 80.3 cm³/mol.